The number of nitro groups is 1. The Morgan fingerprint density at radius 1 is 1.00 bits per heavy atom. The van der Waals surface area contributed by atoms with E-state index in [4.69, 9.17) is 10.2 Å². The summed E-state index contributed by atoms with van der Waals surface area (Å²) in [5, 5.41) is 15.2. The molecule has 138 valence electrons. The first-order chi connectivity index (χ1) is 13.5. The van der Waals surface area contributed by atoms with E-state index in [2.05, 4.69) is 5.10 Å². The Hall–Kier alpha value is -4.20. The SMILES string of the molecule is NC(=O)c1cn(-c2ccc(-c3ccccc3)cc2)nc1-c1ccc([N+](=O)[O-])o1. The molecule has 0 aliphatic heterocycles. The van der Waals surface area contributed by atoms with E-state index in [0.29, 0.717) is 5.69 Å². The second-order valence-corrected chi connectivity index (χ2v) is 6.01. The Balaban J connectivity index is 1.72. The van der Waals surface area contributed by atoms with E-state index < -0.39 is 16.7 Å². The van der Waals surface area contributed by atoms with Crippen molar-refractivity contribution in [3.63, 3.8) is 0 Å². The van der Waals surface area contributed by atoms with Gasteiger partial charge < -0.3 is 10.2 Å². The smallest absolute Gasteiger partial charge is 0.399 e. The number of aromatic nitrogens is 2. The van der Waals surface area contributed by atoms with Crippen LogP contribution in [0, 0.1) is 10.1 Å². The molecule has 1 amide bonds. The number of rotatable bonds is 5. The normalized spacial score (nSPS) is 10.7. The maximum atomic E-state index is 11.8. The molecule has 0 unspecified atom stereocenters. The third kappa shape index (κ3) is 3.14. The number of amides is 1. The molecule has 0 saturated carbocycles. The van der Waals surface area contributed by atoms with E-state index in [1.807, 2.05) is 54.6 Å². The summed E-state index contributed by atoms with van der Waals surface area (Å²) in [4.78, 5) is 22.0. The first-order valence-electron chi connectivity index (χ1n) is 8.33. The molecule has 2 aromatic carbocycles. The van der Waals surface area contributed by atoms with Crippen molar-refractivity contribution in [2.75, 3.05) is 0 Å². The van der Waals surface area contributed by atoms with Crippen LogP contribution >= 0.6 is 0 Å². The number of carbonyl (C=O) groups is 1. The maximum absolute atomic E-state index is 11.8. The van der Waals surface area contributed by atoms with Crippen molar-refractivity contribution in [3.8, 4) is 28.3 Å². The Morgan fingerprint density at radius 2 is 1.68 bits per heavy atom. The summed E-state index contributed by atoms with van der Waals surface area (Å²) < 4.78 is 6.65. The van der Waals surface area contributed by atoms with Crippen LogP contribution in [0.15, 0.2) is 77.3 Å². The Morgan fingerprint density at radius 3 is 2.29 bits per heavy atom. The highest BCUT2D eigenvalue weighted by Gasteiger charge is 2.22. The van der Waals surface area contributed by atoms with Crippen molar-refractivity contribution in [3.05, 3.63) is 88.6 Å². The maximum Gasteiger partial charge on any atom is 0.433 e. The number of hydrogen-bond acceptors (Lipinski definition) is 5. The minimum atomic E-state index is -0.707. The number of carbonyl (C=O) groups excluding carboxylic acids is 1. The van der Waals surface area contributed by atoms with Crippen LogP contribution in [0.1, 0.15) is 10.4 Å². The summed E-state index contributed by atoms with van der Waals surface area (Å²) in [5.74, 6) is -1.05. The molecule has 2 N–H and O–H groups in total. The van der Waals surface area contributed by atoms with Crippen molar-refractivity contribution < 1.29 is 14.1 Å². The van der Waals surface area contributed by atoms with E-state index in [9.17, 15) is 14.9 Å². The standard InChI is InChI=1S/C20H14N4O4/c21-20(25)16-12-23(22-19(16)17-10-11-18(28-17)24(26)27)15-8-6-14(7-9-15)13-4-2-1-3-5-13/h1-12H,(H2,21,25). The van der Waals surface area contributed by atoms with E-state index in [-0.39, 0.29) is 17.0 Å². The zero-order chi connectivity index (χ0) is 19.7. The van der Waals surface area contributed by atoms with Gasteiger partial charge in [-0.1, -0.05) is 42.5 Å². The van der Waals surface area contributed by atoms with Gasteiger partial charge in [0.15, 0.2) is 5.76 Å². The molecule has 2 heterocycles. The molecule has 0 spiro atoms. The van der Waals surface area contributed by atoms with Gasteiger partial charge in [0, 0.05) is 6.20 Å². The fourth-order valence-corrected chi connectivity index (χ4v) is 2.86. The topological polar surface area (TPSA) is 117 Å². The Bertz CT molecular complexity index is 1160. The van der Waals surface area contributed by atoms with Crippen LogP contribution < -0.4 is 5.73 Å². The lowest BCUT2D eigenvalue weighted by Crippen LogP contribution is -2.11. The number of hydrogen-bond donors (Lipinski definition) is 1. The molecule has 28 heavy (non-hydrogen) atoms. The van der Waals surface area contributed by atoms with Gasteiger partial charge in [0.05, 0.1) is 17.3 Å². The molecule has 0 aliphatic carbocycles. The van der Waals surface area contributed by atoms with Gasteiger partial charge >= 0.3 is 5.88 Å². The molecule has 4 aromatic rings. The van der Waals surface area contributed by atoms with Gasteiger partial charge in [-0.2, -0.15) is 5.10 Å². The third-order valence-electron chi connectivity index (χ3n) is 4.22. The van der Waals surface area contributed by atoms with Crippen LogP contribution in [0.4, 0.5) is 5.88 Å². The van der Waals surface area contributed by atoms with Crippen molar-refractivity contribution in [2.45, 2.75) is 0 Å². The van der Waals surface area contributed by atoms with Crippen LogP contribution in [0.3, 0.4) is 0 Å². The van der Waals surface area contributed by atoms with Gasteiger partial charge in [-0.05, 0) is 29.3 Å². The molecule has 0 radical (unpaired) electrons. The van der Waals surface area contributed by atoms with E-state index in [0.717, 1.165) is 11.1 Å². The predicted octanol–water partition coefficient (Wildman–Crippen LogP) is 3.81. The number of benzene rings is 2. The third-order valence-corrected chi connectivity index (χ3v) is 4.22. The molecule has 4 rings (SSSR count). The quantitative estimate of drug-likeness (QED) is 0.421. The largest absolute Gasteiger partial charge is 0.433 e. The van der Waals surface area contributed by atoms with Crippen LogP contribution in [-0.4, -0.2) is 20.6 Å². The highest BCUT2D eigenvalue weighted by molar-refractivity contribution is 5.98. The first kappa shape index (κ1) is 17.2. The van der Waals surface area contributed by atoms with Gasteiger partial charge in [0.25, 0.3) is 5.91 Å². The van der Waals surface area contributed by atoms with Crippen LogP contribution in [0.5, 0.6) is 0 Å². The van der Waals surface area contributed by atoms with Gasteiger partial charge in [-0.3, -0.25) is 14.9 Å². The summed E-state index contributed by atoms with van der Waals surface area (Å²) in [6.07, 6.45) is 1.48. The second-order valence-electron chi connectivity index (χ2n) is 6.01. The van der Waals surface area contributed by atoms with E-state index >= 15 is 0 Å². The summed E-state index contributed by atoms with van der Waals surface area (Å²) >= 11 is 0. The molecule has 2 aromatic heterocycles. The van der Waals surface area contributed by atoms with Crippen LogP contribution in [-0.2, 0) is 0 Å². The van der Waals surface area contributed by atoms with Crippen LogP contribution in [0.2, 0.25) is 0 Å². The molecular formula is C20H14N4O4. The fourth-order valence-electron chi connectivity index (χ4n) is 2.86. The lowest BCUT2D eigenvalue weighted by atomic mass is 10.1. The summed E-state index contributed by atoms with van der Waals surface area (Å²) in [5.41, 5.74) is 8.51. The van der Waals surface area contributed by atoms with Gasteiger partial charge in [-0.15, -0.1) is 0 Å². The van der Waals surface area contributed by atoms with Gasteiger partial charge in [0.1, 0.15) is 10.6 Å². The van der Waals surface area contributed by atoms with Crippen molar-refractivity contribution in [1.82, 2.24) is 9.78 Å². The number of primary amides is 1. The number of furan rings is 1. The zero-order valence-corrected chi connectivity index (χ0v) is 14.5. The average Bonchev–Trinajstić information content (AvgIpc) is 3.36. The van der Waals surface area contributed by atoms with Gasteiger partial charge in [0.2, 0.25) is 0 Å². The molecule has 8 heteroatoms. The van der Waals surface area contributed by atoms with Gasteiger partial charge in [-0.25, -0.2) is 4.68 Å². The summed E-state index contributed by atoms with van der Waals surface area (Å²) in [7, 11) is 0. The molecule has 0 fully saturated rings. The van der Waals surface area contributed by atoms with Crippen LogP contribution in [0.25, 0.3) is 28.3 Å². The average molecular weight is 374 g/mol. The minimum Gasteiger partial charge on any atom is -0.399 e. The highest BCUT2D eigenvalue weighted by Crippen LogP contribution is 2.29. The molecule has 0 bridgehead atoms. The minimum absolute atomic E-state index is 0.0974. The molecule has 0 aliphatic rings. The molecule has 0 saturated heterocycles. The Labute approximate surface area is 159 Å². The monoisotopic (exact) mass is 374 g/mol. The summed E-state index contributed by atoms with van der Waals surface area (Å²) in [6.45, 7) is 0. The lowest BCUT2D eigenvalue weighted by molar-refractivity contribution is -0.401. The lowest BCUT2D eigenvalue weighted by Gasteiger charge is -2.04. The van der Waals surface area contributed by atoms with Crippen molar-refractivity contribution in [1.29, 1.82) is 0 Å². The molecule has 0 atom stereocenters. The van der Waals surface area contributed by atoms with Crippen molar-refractivity contribution in [2.24, 2.45) is 5.73 Å². The Kier molecular flexibility index (Phi) is 4.21. The summed E-state index contributed by atoms with van der Waals surface area (Å²) in [6, 6.07) is 20.1. The van der Waals surface area contributed by atoms with Crippen molar-refractivity contribution >= 4 is 11.8 Å². The number of nitrogens with zero attached hydrogens (tertiary/aromatic N) is 3. The number of nitrogens with two attached hydrogens (primary N) is 1. The first-order valence-corrected chi connectivity index (χ1v) is 8.33. The molecule has 8 nitrogen and oxygen atoms in total. The zero-order valence-electron chi connectivity index (χ0n) is 14.5. The highest BCUT2D eigenvalue weighted by atomic mass is 16.6. The van der Waals surface area contributed by atoms with E-state index in [1.165, 1.54) is 23.0 Å². The fraction of sp³-hybridized carbons (Fsp3) is 0. The molecular weight excluding hydrogens is 360 g/mol. The second kappa shape index (κ2) is 6.84. The predicted molar refractivity (Wildman–Crippen MR) is 102 cm³/mol. The van der Waals surface area contributed by atoms with E-state index in [1.54, 1.807) is 0 Å².